The largest absolute Gasteiger partial charge is 0.508 e. The van der Waals surface area contributed by atoms with Gasteiger partial charge in [-0.25, -0.2) is 9.59 Å². The molecule has 162 valence electrons. The minimum Gasteiger partial charge on any atom is -0.508 e. The van der Waals surface area contributed by atoms with Crippen molar-refractivity contribution in [3.05, 3.63) is 41.5 Å². The van der Waals surface area contributed by atoms with Crippen molar-refractivity contribution in [2.75, 3.05) is 6.61 Å². The molecular weight excluding hydrogens is 400 g/mol. The van der Waals surface area contributed by atoms with Crippen LogP contribution in [0.25, 0.3) is 0 Å². The normalized spacial score (nSPS) is 13.8. The second-order valence-corrected chi connectivity index (χ2v) is 6.38. The van der Waals surface area contributed by atoms with Crippen molar-refractivity contribution in [1.29, 1.82) is 0 Å². The van der Waals surface area contributed by atoms with Crippen LogP contribution in [0.3, 0.4) is 0 Å². The number of phenols is 1. The molecule has 13 heteroatoms. The van der Waals surface area contributed by atoms with Crippen molar-refractivity contribution in [3.8, 4) is 5.75 Å². The molecule has 0 bridgehead atoms. The molecule has 0 aliphatic carbocycles. The molecular formula is C17H22N6O7. The van der Waals surface area contributed by atoms with Crippen molar-refractivity contribution in [3.63, 3.8) is 0 Å². The van der Waals surface area contributed by atoms with Gasteiger partial charge in [-0.15, -0.1) is 0 Å². The fourth-order valence-corrected chi connectivity index (χ4v) is 2.46. The molecule has 1 heterocycles. The lowest BCUT2D eigenvalue weighted by Crippen LogP contribution is -2.49. The summed E-state index contributed by atoms with van der Waals surface area (Å²) < 4.78 is 5.09. The van der Waals surface area contributed by atoms with Gasteiger partial charge >= 0.3 is 12.0 Å². The number of nitrogens with two attached hydrogens (primary N) is 2. The minimum atomic E-state index is -1.55. The molecule has 2 rings (SSSR count). The summed E-state index contributed by atoms with van der Waals surface area (Å²) in [6, 6.07) is 2.01. The lowest BCUT2D eigenvalue weighted by atomic mass is 10.1. The van der Waals surface area contributed by atoms with Gasteiger partial charge in [-0.3, -0.25) is 4.79 Å². The Morgan fingerprint density at radius 2 is 1.83 bits per heavy atom. The maximum absolute atomic E-state index is 12.0. The van der Waals surface area contributed by atoms with Gasteiger partial charge in [0.1, 0.15) is 11.8 Å². The van der Waals surface area contributed by atoms with Gasteiger partial charge in [0, 0.05) is 0 Å². The predicted octanol–water partition coefficient (Wildman–Crippen LogP) is -1.32. The molecule has 3 atom stereocenters. The molecule has 0 aliphatic heterocycles. The van der Waals surface area contributed by atoms with E-state index in [1.54, 1.807) is 12.1 Å². The number of amides is 3. The van der Waals surface area contributed by atoms with E-state index in [1.165, 1.54) is 12.1 Å². The van der Waals surface area contributed by atoms with Crippen LogP contribution in [0.15, 0.2) is 28.8 Å². The molecule has 1 aromatic carbocycles. The number of aromatic hydroxyl groups is 1. The van der Waals surface area contributed by atoms with Gasteiger partial charge in [-0.05, 0) is 24.1 Å². The lowest BCUT2D eigenvalue weighted by molar-refractivity contribution is -0.140. The summed E-state index contributed by atoms with van der Waals surface area (Å²) in [5, 5.41) is 35.2. The van der Waals surface area contributed by atoms with Crippen LogP contribution in [0.4, 0.5) is 4.79 Å². The van der Waals surface area contributed by atoms with Crippen molar-refractivity contribution >= 4 is 17.9 Å². The molecule has 0 unspecified atom stereocenters. The van der Waals surface area contributed by atoms with E-state index < -0.39 is 49.1 Å². The van der Waals surface area contributed by atoms with Gasteiger partial charge in [0.05, 0.1) is 19.1 Å². The molecule has 0 saturated heterocycles. The predicted molar refractivity (Wildman–Crippen MR) is 99.8 cm³/mol. The zero-order chi connectivity index (χ0) is 22.3. The SMILES string of the molecule is NC(=O)C[C@H](NC(=O)N[C@@H](CO)C(=O)O)c1nc([C@@H](N)Cc2ccc(O)cc2)no1. The Labute approximate surface area is 170 Å². The third-order valence-corrected chi connectivity index (χ3v) is 3.98. The number of hydrogen-bond donors (Lipinski definition) is 7. The quantitative estimate of drug-likeness (QED) is 0.239. The standard InChI is InChI=1S/C17H22N6O7/c18-10(5-8-1-3-9(25)4-2-8)14-22-15(30-23-14)11(6-13(19)26)20-17(29)21-12(7-24)16(27)28/h1-4,10-12,24-25H,5-7,18H2,(H2,19,26)(H,27,28)(H2,20,21,29)/t10-,11-,12-/m0/s1. The first-order valence-corrected chi connectivity index (χ1v) is 8.75. The molecule has 30 heavy (non-hydrogen) atoms. The second kappa shape index (κ2) is 10.2. The molecule has 3 amide bonds. The maximum Gasteiger partial charge on any atom is 0.328 e. The first-order chi connectivity index (χ1) is 14.2. The highest BCUT2D eigenvalue weighted by molar-refractivity contribution is 5.83. The van der Waals surface area contributed by atoms with Gasteiger partial charge in [-0.1, -0.05) is 17.3 Å². The third-order valence-electron chi connectivity index (χ3n) is 3.98. The average molecular weight is 422 g/mol. The molecule has 0 spiro atoms. The number of aliphatic hydroxyl groups excluding tert-OH is 1. The summed E-state index contributed by atoms with van der Waals surface area (Å²) in [5.74, 6) is -2.17. The van der Waals surface area contributed by atoms with Gasteiger partial charge in [-0.2, -0.15) is 4.98 Å². The third kappa shape index (κ3) is 6.42. The van der Waals surface area contributed by atoms with Crippen LogP contribution in [-0.2, 0) is 16.0 Å². The Bertz CT molecular complexity index is 885. The number of aliphatic hydroxyl groups is 1. The van der Waals surface area contributed by atoms with Crippen LogP contribution in [0, 0.1) is 0 Å². The molecule has 0 saturated carbocycles. The van der Waals surface area contributed by atoms with Crippen LogP contribution in [0.1, 0.15) is 35.8 Å². The van der Waals surface area contributed by atoms with E-state index in [-0.39, 0.29) is 17.5 Å². The van der Waals surface area contributed by atoms with E-state index in [1.807, 2.05) is 5.32 Å². The number of carboxylic acids is 1. The van der Waals surface area contributed by atoms with Gasteiger partial charge in [0.2, 0.25) is 11.8 Å². The van der Waals surface area contributed by atoms with Crippen molar-refractivity contribution in [2.45, 2.75) is 31.0 Å². The molecule has 0 fully saturated rings. The summed E-state index contributed by atoms with van der Waals surface area (Å²) in [4.78, 5) is 38.3. The summed E-state index contributed by atoms with van der Waals surface area (Å²) in [5.41, 5.74) is 12.1. The Morgan fingerprint density at radius 1 is 1.17 bits per heavy atom. The van der Waals surface area contributed by atoms with E-state index in [9.17, 15) is 19.5 Å². The summed E-state index contributed by atoms with van der Waals surface area (Å²) >= 11 is 0. The van der Waals surface area contributed by atoms with Gasteiger partial charge in [0.25, 0.3) is 0 Å². The van der Waals surface area contributed by atoms with Crippen molar-refractivity contribution < 1.29 is 34.2 Å². The molecule has 2 aromatic rings. The van der Waals surface area contributed by atoms with E-state index in [2.05, 4.69) is 15.5 Å². The van der Waals surface area contributed by atoms with Crippen molar-refractivity contribution in [1.82, 2.24) is 20.8 Å². The number of primary amides is 1. The number of carboxylic acid groups (broad SMARTS) is 1. The van der Waals surface area contributed by atoms with Crippen LogP contribution in [0.5, 0.6) is 5.75 Å². The van der Waals surface area contributed by atoms with Crippen LogP contribution in [0.2, 0.25) is 0 Å². The number of carbonyl (C=O) groups excluding carboxylic acids is 2. The first kappa shape index (κ1) is 22.6. The number of aromatic nitrogens is 2. The fraction of sp³-hybridized carbons (Fsp3) is 0.353. The maximum atomic E-state index is 12.0. The number of nitrogens with one attached hydrogen (secondary N) is 2. The topological polar surface area (TPSA) is 227 Å². The van der Waals surface area contributed by atoms with E-state index >= 15 is 0 Å². The average Bonchev–Trinajstić information content (AvgIpc) is 3.17. The minimum absolute atomic E-state index is 0.105. The Morgan fingerprint density at radius 3 is 2.40 bits per heavy atom. The Hall–Kier alpha value is -3.71. The number of rotatable bonds is 10. The number of aliphatic carboxylic acids is 1. The van der Waals surface area contributed by atoms with Crippen LogP contribution >= 0.6 is 0 Å². The molecule has 13 nitrogen and oxygen atoms in total. The van der Waals surface area contributed by atoms with Gasteiger partial charge < -0.3 is 41.9 Å². The van der Waals surface area contributed by atoms with E-state index in [4.69, 9.17) is 26.2 Å². The first-order valence-electron chi connectivity index (χ1n) is 8.75. The summed E-state index contributed by atoms with van der Waals surface area (Å²) in [6.45, 7) is -0.833. The van der Waals surface area contributed by atoms with Gasteiger partial charge in [0.15, 0.2) is 11.9 Å². The van der Waals surface area contributed by atoms with Crippen LogP contribution < -0.4 is 22.1 Å². The molecule has 1 aromatic heterocycles. The number of nitrogens with zero attached hydrogens (tertiary/aromatic N) is 2. The van der Waals surface area contributed by atoms with Crippen molar-refractivity contribution in [2.24, 2.45) is 11.5 Å². The summed E-state index contributed by atoms with van der Waals surface area (Å²) in [7, 11) is 0. The number of urea groups is 1. The fourth-order valence-electron chi connectivity index (χ4n) is 2.46. The Balaban J connectivity index is 2.09. The number of benzene rings is 1. The molecule has 0 radical (unpaired) electrons. The molecule has 0 aliphatic rings. The monoisotopic (exact) mass is 422 g/mol. The number of carbonyl (C=O) groups is 3. The Kier molecular flexibility index (Phi) is 7.66. The summed E-state index contributed by atoms with van der Waals surface area (Å²) in [6.07, 6.45) is -0.0798. The highest BCUT2D eigenvalue weighted by Crippen LogP contribution is 2.20. The zero-order valence-electron chi connectivity index (χ0n) is 15.7. The lowest BCUT2D eigenvalue weighted by Gasteiger charge is -2.16. The second-order valence-electron chi connectivity index (χ2n) is 6.38. The van der Waals surface area contributed by atoms with Crippen LogP contribution in [-0.4, -0.2) is 56.0 Å². The number of phenolic OH excluding ortho intramolecular Hbond substituents is 1. The molecule has 9 N–H and O–H groups in total. The zero-order valence-corrected chi connectivity index (χ0v) is 15.7. The highest BCUT2D eigenvalue weighted by Gasteiger charge is 2.27. The smallest absolute Gasteiger partial charge is 0.328 e. The highest BCUT2D eigenvalue weighted by atomic mass is 16.5. The van der Waals surface area contributed by atoms with E-state index in [0.717, 1.165) is 5.56 Å². The van der Waals surface area contributed by atoms with E-state index in [0.29, 0.717) is 6.42 Å². The number of hydrogen-bond acceptors (Lipinski definition) is 9.